The highest BCUT2D eigenvalue weighted by Crippen LogP contribution is 2.33. The van der Waals surface area contributed by atoms with Crippen molar-refractivity contribution in [1.82, 2.24) is 4.98 Å². The molecule has 0 atom stereocenters. The Labute approximate surface area is 123 Å². The predicted octanol–water partition coefficient (Wildman–Crippen LogP) is 5.36. The molecule has 21 heavy (non-hydrogen) atoms. The fraction of sp³-hybridized carbons (Fsp3) is 0.0500. The van der Waals surface area contributed by atoms with Gasteiger partial charge in [0.25, 0.3) is 0 Å². The van der Waals surface area contributed by atoms with Crippen LogP contribution in [0, 0.1) is 6.92 Å². The number of aromatic nitrogens is 1. The summed E-state index contributed by atoms with van der Waals surface area (Å²) in [5.41, 5.74) is 4.85. The molecule has 0 aliphatic heterocycles. The standard InChI is InChI=1S/C20H15N/c1-14-5-2-7-17(13-14)18-9-3-6-15-10-11-16-8-4-12-21-20(16)19(15)18/h2-13H,1H3. The minimum absolute atomic E-state index is 1.08. The molecular formula is C20H15N. The Morgan fingerprint density at radius 3 is 2.48 bits per heavy atom. The van der Waals surface area contributed by atoms with Crippen molar-refractivity contribution in [2.75, 3.05) is 0 Å². The summed E-state index contributed by atoms with van der Waals surface area (Å²) in [6.45, 7) is 2.13. The predicted molar refractivity (Wildman–Crippen MR) is 89.4 cm³/mol. The van der Waals surface area contributed by atoms with Crippen molar-refractivity contribution in [3.05, 3.63) is 78.5 Å². The monoisotopic (exact) mass is 269 g/mol. The maximum Gasteiger partial charge on any atom is 0.0786 e. The van der Waals surface area contributed by atoms with Crippen LogP contribution in [0.1, 0.15) is 5.56 Å². The summed E-state index contributed by atoms with van der Waals surface area (Å²) in [7, 11) is 0. The summed E-state index contributed by atoms with van der Waals surface area (Å²) in [6.07, 6.45) is 1.87. The van der Waals surface area contributed by atoms with Crippen LogP contribution in [0.5, 0.6) is 0 Å². The molecule has 0 saturated heterocycles. The van der Waals surface area contributed by atoms with Crippen molar-refractivity contribution < 1.29 is 0 Å². The molecule has 0 unspecified atom stereocenters. The molecular weight excluding hydrogens is 254 g/mol. The smallest absolute Gasteiger partial charge is 0.0786 e. The van der Waals surface area contributed by atoms with Crippen LogP contribution in [-0.2, 0) is 0 Å². The number of benzene rings is 3. The zero-order valence-corrected chi connectivity index (χ0v) is 11.9. The van der Waals surface area contributed by atoms with Crippen LogP contribution in [0.2, 0.25) is 0 Å². The van der Waals surface area contributed by atoms with Gasteiger partial charge in [0.15, 0.2) is 0 Å². The first-order valence-electron chi connectivity index (χ1n) is 7.16. The molecule has 0 N–H and O–H groups in total. The van der Waals surface area contributed by atoms with E-state index in [0.717, 1.165) is 5.52 Å². The highest BCUT2D eigenvalue weighted by Gasteiger charge is 2.08. The van der Waals surface area contributed by atoms with Crippen LogP contribution in [-0.4, -0.2) is 4.98 Å². The number of hydrogen-bond donors (Lipinski definition) is 0. The first-order chi connectivity index (χ1) is 10.3. The molecule has 4 rings (SSSR count). The molecule has 0 radical (unpaired) electrons. The van der Waals surface area contributed by atoms with Gasteiger partial charge in [0.1, 0.15) is 0 Å². The van der Waals surface area contributed by atoms with Gasteiger partial charge in [0.05, 0.1) is 5.52 Å². The van der Waals surface area contributed by atoms with E-state index in [4.69, 9.17) is 0 Å². The van der Waals surface area contributed by atoms with Crippen LogP contribution >= 0.6 is 0 Å². The quantitative estimate of drug-likeness (QED) is 0.424. The summed E-state index contributed by atoms with van der Waals surface area (Å²) in [5.74, 6) is 0. The molecule has 1 heterocycles. The molecule has 0 bridgehead atoms. The number of aryl methyl sites for hydroxylation is 1. The lowest BCUT2D eigenvalue weighted by molar-refractivity contribution is 1.42. The second-order valence-corrected chi connectivity index (χ2v) is 5.41. The van der Waals surface area contributed by atoms with E-state index in [1.807, 2.05) is 12.3 Å². The Morgan fingerprint density at radius 1 is 0.762 bits per heavy atom. The number of rotatable bonds is 1. The first kappa shape index (κ1) is 12.1. The van der Waals surface area contributed by atoms with Gasteiger partial charge in [-0.1, -0.05) is 66.2 Å². The van der Waals surface area contributed by atoms with E-state index in [0.29, 0.717) is 0 Å². The SMILES string of the molecule is Cc1cccc(-c2cccc3ccc4cccnc4c23)c1. The van der Waals surface area contributed by atoms with E-state index in [2.05, 4.69) is 72.6 Å². The lowest BCUT2D eigenvalue weighted by Crippen LogP contribution is -1.86. The number of hydrogen-bond acceptors (Lipinski definition) is 1. The van der Waals surface area contributed by atoms with Gasteiger partial charge >= 0.3 is 0 Å². The van der Waals surface area contributed by atoms with Crippen molar-refractivity contribution in [3.63, 3.8) is 0 Å². The lowest BCUT2D eigenvalue weighted by Gasteiger charge is -2.10. The van der Waals surface area contributed by atoms with E-state index in [1.165, 1.54) is 32.8 Å². The number of pyridine rings is 1. The molecule has 0 saturated carbocycles. The largest absolute Gasteiger partial charge is 0.256 e. The van der Waals surface area contributed by atoms with Crippen molar-refractivity contribution in [2.24, 2.45) is 0 Å². The van der Waals surface area contributed by atoms with Gasteiger partial charge in [0, 0.05) is 17.0 Å². The van der Waals surface area contributed by atoms with Gasteiger partial charge in [-0.05, 0) is 29.5 Å². The fourth-order valence-corrected chi connectivity index (χ4v) is 2.97. The number of fused-ring (bicyclic) bond motifs is 3. The zero-order chi connectivity index (χ0) is 14.2. The maximum absolute atomic E-state index is 4.62. The van der Waals surface area contributed by atoms with E-state index >= 15 is 0 Å². The Bertz CT molecular complexity index is 954. The van der Waals surface area contributed by atoms with Crippen molar-refractivity contribution >= 4 is 21.7 Å². The molecule has 3 aromatic carbocycles. The Morgan fingerprint density at radius 2 is 1.57 bits per heavy atom. The summed E-state index contributed by atoms with van der Waals surface area (Å²) >= 11 is 0. The molecule has 0 spiro atoms. The summed E-state index contributed by atoms with van der Waals surface area (Å²) in [5, 5.41) is 3.66. The second-order valence-electron chi connectivity index (χ2n) is 5.41. The minimum Gasteiger partial charge on any atom is -0.256 e. The molecule has 1 heteroatoms. The number of nitrogens with zero attached hydrogens (tertiary/aromatic N) is 1. The van der Waals surface area contributed by atoms with E-state index < -0.39 is 0 Å². The van der Waals surface area contributed by atoms with Crippen LogP contribution in [0.25, 0.3) is 32.8 Å². The summed E-state index contributed by atoms with van der Waals surface area (Å²) in [6, 6.07) is 23.5. The first-order valence-corrected chi connectivity index (χ1v) is 7.16. The van der Waals surface area contributed by atoms with Gasteiger partial charge in [-0.25, -0.2) is 0 Å². The van der Waals surface area contributed by atoms with E-state index in [-0.39, 0.29) is 0 Å². The normalized spacial score (nSPS) is 11.1. The van der Waals surface area contributed by atoms with Gasteiger partial charge in [-0.3, -0.25) is 4.98 Å². The average molecular weight is 269 g/mol. The zero-order valence-electron chi connectivity index (χ0n) is 11.9. The summed E-state index contributed by atoms with van der Waals surface area (Å²) in [4.78, 5) is 4.62. The van der Waals surface area contributed by atoms with Crippen LogP contribution < -0.4 is 0 Å². The molecule has 4 aromatic rings. The molecule has 0 aliphatic carbocycles. The Hall–Kier alpha value is -2.67. The molecule has 0 fully saturated rings. The molecule has 1 nitrogen and oxygen atoms in total. The van der Waals surface area contributed by atoms with Crippen LogP contribution in [0.3, 0.4) is 0 Å². The van der Waals surface area contributed by atoms with E-state index in [1.54, 1.807) is 0 Å². The third-order valence-corrected chi connectivity index (χ3v) is 3.94. The third kappa shape index (κ3) is 1.98. The molecule has 1 aromatic heterocycles. The van der Waals surface area contributed by atoms with Gasteiger partial charge in [-0.15, -0.1) is 0 Å². The molecule has 100 valence electrons. The maximum atomic E-state index is 4.62. The van der Waals surface area contributed by atoms with E-state index in [9.17, 15) is 0 Å². The van der Waals surface area contributed by atoms with Gasteiger partial charge in [0.2, 0.25) is 0 Å². The second kappa shape index (κ2) is 4.71. The topological polar surface area (TPSA) is 12.9 Å². The minimum atomic E-state index is 1.08. The Kier molecular flexibility index (Phi) is 2.71. The Balaban J connectivity index is 2.16. The van der Waals surface area contributed by atoms with Crippen molar-refractivity contribution in [3.8, 4) is 11.1 Å². The van der Waals surface area contributed by atoms with Gasteiger partial charge in [-0.2, -0.15) is 0 Å². The average Bonchev–Trinajstić information content (AvgIpc) is 2.54. The third-order valence-electron chi connectivity index (χ3n) is 3.94. The van der Waals surface area contributed by atoms with Crippen LogP contribution in [0.15, 0.2) is 72.9 Å². The molecule has 0 amide bonds. The fourth-order valence-electron chi connectivity index (χ4n) is 2.97. The summed E-state index contributed by atoms with van der Waals surface area (Å²) < 4.78 is 0. The lowest BCUT2D eigenvalue weighted by atomic mass is 9.95. The highest BCUT2D eigenvalue weighted by molar-refractivity contribution is 6.12. The van der Waals surface area contributed by atoms with Crippen LogP contribution in [0.4, 0.5) is 0 Å². The molecule has 0 aliphatic rings. The highest BCUT2D eigenvalue weighted by atomic mass is 14.6. The van der Waals surface area contributed by atoms with Crippen molar-refractivity contribution in [1.29, 1.82) is 0 Å². The van der Waals surface area contributed by atoms with Crippen molar-refractivity contribution in [2.45, 2.75) is 6.92 Å². The van der Waals surface area contributed by atoms with Gasteiger partial charge < -0.3 is 0 Å².